The molecule has 6 nitrogen and oxygen atoms in total. The topological polar surface area (TPSA) is 98.5 Å². The molecular formula is C14H20N2O4S. The molecule has 116 valence electrons. The maximum Gasteiger partial charge on any atom is 0.261 e. The number of primary sulfonamides is 1. The summed E-state index contributed by atoms with van der Waals surface area (Å²) in [5.74, 6) is 0.391. The van der Waals surface area contributed by atoms with Crippen molar-refractivity contribution in [3.8, 4) is 5.75 Å². The van der Waals surface area contributed by atoms with Gasteiger partial charge in [-0.25, -0.2) is 13.6 Å². The Morgan fingerprint density at radius 1 is 1.24 bits per heavy atom. The first-order chi connectivity index (χ1) is 9.80. The van der Waals surface area contributed by atoms with Gasteiger partial charge in [-0.1, -0.05) is 0 Å². The van der Waals surface area contributed by atoms with Gasteiger partial charge in [-0.2, -0.15) is 0 Å². The van der Waals surface area contributed by atoms with Gasteiger partial charge in [0, 0.05) is 6.54 Å². The number of nitrogens with one attached hydrogen (secondary N) is 1. The van der Waals surface area contributed by atoms with Crippen LogP contribution in [-0.2, 0) is 14.8 Å². The van der Waals surface area contributed by atoms with Gasteiger partial charge in [-0.3, -0.25) is 4.79 Å². The summed E-state index contributed by atoms with van der Waals surface area (Å²) in [4.78, 5) is 12.0. The standard InChI is InChI=1S/C14H20N2O4S/c1-9-10(2)13(21(15,18)19)7-6-11(9)20-12-5-3-4-8-16-14(12)17/h6-7,12H,3-5,8H2,1-2H3,(H,16,17)(H2,15,18,19). The van der Waals surface area contributed by atoms with Crippen LogP contribution in [0.15, 0.2) is 17.0 Å². The van der Waals surface area contributed by atoms with Gasteiger partial charge in [-0.15, -0.1) is 0 Å². The minimum absolute atomic E-state index is 0.0812. The highest BCUT2D eigenvalue weighted by molar-refractivity contribution is 7.89. The van der Waals surface area contributed by atoms with Gasteiger partial charge < -0.3 is 10.1 Å². The highest BCUT2D eigenvalue weighted by Crippen LogP contribution is 2.28. The lowest BCUT2D eigenvalue weighted by Gasteiger charge is -2.19. The normalized spacial score (nSPS) is 19.8. The highest BCUT2D eigenvalue weighted by Gasteiger charge is 2.24. The number of hydrogen-bond acceptors (Lipinski definition) is 4. The zero-order valence-electron chi connectivity index (χ0n) is 12.2. The van der Waals surface area contributed by atoms with E-state index in [2.05, 4.69) is 5.32 Å². The smallest absolute Gasteiger partial charge is 0.261 e. The molecule has 1 aromatic carbocycles. The second kappa shape index (κ2) is 6.03. The predicted molar refractivity (Wildman–Crippen MR) is 78.6 cm³/mol. The number of rotatable bonds is 3. The fraction of sp³-hybridized carbons (Fsp3) is 0.500. The lowest BCUT2D eigenvalue weighted by molar-refractivity contribution is -0.127. The van der Waals surface area contributed by atoms with Crippen LogP contribution in [-0.4, -0.2) is 27.0 Å². The van der Waals surface area contributed by atoms with Crippen molar-refractivity contribution in [1.82, 2.24) is 5.32 Å². The largest absolute Gasteiger partial charge is 0.480 e. The summed E-state index contributed by atoms with van der Waals surface area (Å²) in [6.07, 6.45) is 1.97. The monoisotopic (exact) mass is 312 g/mol. The van der Waals surface area contributed by atoms with Crippen molar-refractivity contribution in [3.05, 3.63) is 23.3 Å². The van der Waals surface area contributed by atoms with E-state index in [9.17, 15) is 13.2 Å². The average Bonchev–Trinajstić information content (AvgIpc) is 2.59. The molecule has 21 heavy (non-hydrogen) atoms. The molecule has 1 atom stereocenters. The lowest BCUT2D eigenvalue weighted by Crippen LogP contribution is -2.36. The molecule has 0 aliphatic carbocycles. The highest BCUT2D eigenvalue weighted by atomic mass is 32.2. The SMILES string of the molecule is Cc1c(OC2CCCCNC2=O)ccc(S(N)(=O)=O)c1C. The van der Waals surface area contributed by atoms with Gasteiger partial charge in [0.2, 0.25) is 10.0 Å². The Labute approximate surface area is 124 Å². The van der Waals surface area contributed by atoms with Gasteiger partial charge in [0.15, 0.2) is 6.10 Å². The zero-order valence-corrected chi connectivity index (χ0v) is 13.0. The maximum atomic E-state index is 11.9. The second-order valence-electron chi connectivity index (χ2n) is 5.25. The molecule has 1 aliphatic rings. The summed E-state index contributed by atoms with van der Waals surface area (Å²) < 4.78 is 28.7. The average molecular weight is 312 g/mol. The molecule has 0 aromatic heterocycles. The van der Waals surface area contributed by atoms with Gasteiger partial charge in [0.25, 0.3) is 5.91 Å². The van der Waals surface area contributed by atoms with Crippen LogP contribution in [0, 0.1) is 13.8 Å². The van der Waals surface area contributed by atoms with Crippen molar-refractivity contribution in [1.29, 1.82) is 0 Å². The van der Waals surface area contributed by atoms with E-state index in [0.717, 1.165) is 12.8 Å². The van der Waals surface area contributed by atoms with Gasteiger partial charge >= 0.3 is 0 Å². The third kappa shape index (κ3) is 3.54. The van der Waals surface area contributed by atoms with Crippen molar-refractivity contribution in [2.45, 2.75) is 44.1 Å². The minimum Gasteiger partial charge on any atom is -0.480 e. The maximum absolute atomic E-state index is 11.9. The third-order valence-corrected chi connectivity index (χ3v) is 4.80. The molecule has 0 saturated carbocycles. The molecular weight excluding hydrogens is 292 g/mol. The summed E-state index contributed by atoms with van der Waals surface area (Å²) >= 11 is 0. The number of sulfonamides is 1. The first kappa shape index (κ1) is 15.8. The molecule has 1 saturated heterocycles. The van der Waals surface area contributed by atoms with Crippen molar-refractivity contribution in [2.24, 2.45) is 5.14 Å². The minimum atomic E-state index is -3.76. The van der Waals surface area contributed by atoms with Crippen molar-refractivity contribution in [3.63, 3.8) is 0 Å². The van der Waals surface area contributed by atoms with E-state index >= 15 is 0 Å². The number of hydrogen-bond donors (Lipinski definition) is 2. The molecule has 1 fully saturated rings. The van der Waals surface area contributed by atoms with E-state index < -0.39 is 16.1 Å². The molecule has 3 N–H and O–H groups in total. The second-order valence-corrected chi connectivity index (χ2v) is 6.78. The molecule has 1 unspecified atom stereocenters. The molecule has 0 bridgehead atoms. The Morgan fingerprint density at radius 3 is 2.62 bits per heavy atom. The van der Waals surface area contributed by atoms with Crippen LogP contribution in [0.25, 0.3) is 0 Å². The molecule has 2 rings (SSSR count). The number of ether oxygens (including phenoxy) is 1. The van der Waals surface area contributed by atoms with E-state index in [1.807, 2.05) is 0 Å². The van der Waals surface area contributed by atoms with Crippen molar-refractivity contribution >= 4 is 15.9 Å². The van der Waals surface area contributed by atoms with Crippen LogP contribution in [0.3, 0.4) is 0 Å². The summed E-state index contributed by atoms with van der Waals surface area (Å²) in [7, 11) is -3.76. The van der Waals surface area contributed by atoms with Crippen LogP contribution < -0.4 is 15.2 Å². The molecule has 1 heterocycles. The first-order valence-electron chi connectivity index (χ1n) is 6.88. The molecule has 0 spiro atoms. The lowest BCUT2D eigenvalue weighted by atomic mass is 10.1. The predicted octanol–water partition coefficient (Wildman–Crippen LogP) is 0.998. The van der Waals surface area contributed by atoms with Gasteiger partial charge in [-0.05, 0) is 56.4 Å². The first-order valence-corrected chi connectivity index (χ1v) is 8.42. The number of amides is 1. The molecule has 1 aliphatic heterocycles. The van der Waals surface area contributed by atoms with Gasteiger partial charge in [0.1, 0.15) is 5.75 Å². The summed E-state index contributed by atoms with van der Waals surface area (Å²) in [6.45, 7) is 4.10. The molecule has 7 heteroatoms. The summed E-state index contributed by atoms with van der Waals surface area (Å²) in [5, 5.41) is 7.98. The Morgan fingerprint density at radius 2 is 1.95 bits per heavy atom. The number of nitrogens with two attached hydrogens (primary N) is 1. The van der Waals surface area contributed by atoms with Crippen LogP contribution >= 0.6 is 0 Å². The fourth-order valence-electron chi connectivity index (χ4n) is 2.38. The van der Waals surface area contributed by atoms with Crippen LogP contribution in [0.1, 0.15) is 30.4 Å². The fourth-order valence-corrected chi connectivity index (χ4v) is 3.22. The van der Waals surface area contributed by atoms with E-state index in [1.165, 1.54) is 6.07 Å². The van der Waals surface area contributed by atoms with Crippen LogP contribution in [0.2, 0.25) is 0 Å². The van der Waals surface area contributed by atoms with E-state index in [4.69, 9.17) is 9.88 Å². The number of carbonyl (C=O) groups excluding carboxylic acids is 1. The van der Waals surface area contributed by atoms with Crippen LogP contribution in [0.5, 0.6) is 5.75 Å². The Bertz CT molecular complexity index is 655. The summed E-state index contributed by atoms with van der Waals surface area (Å²) in [5.41, 5.74) is 1.22. The molecule has 1 aromatic rings. The Kier molecular flexibility index (Phi) is 4.53. The third-order valence-electron chi connectivity index (χ3n) is 3.75. The number of benzene rings is 1. The molecule has 1 amide bonds. The summed E-state index contributed by atoms with van der Waals surface area (Å²) in [6, 6.07) is 2.97. The zero-order chi connectivity index (χ0) is 15.6. The van der Waals surface area contributed by atoms with Crippen molar-refractivity contribution < 1.29 is 17.9 Å². The van der Waals surface area contributed by atoms with E-state index in [0.29, 0.717) is 29.8 Å². The van der Waals surface area contributed by atoms with E-state index in [-0.39, 0.29) is 10.8 Å². The quantitative estimate of drug-likeness (QED) is 0.869. The van der Waals surface area contributed by atoms with Crippen LogP contribution in [0.4, 0.5) is 0 Å². The Balaban J connectivity index is 2.29. The Hall–Kier alpha value is -1.60. The van der Waals surface area contributed by atoms with Gasteiger partial charge in [0.05, 0.1) is 4.90 Å². The van der Waals surface area contributed by atoms with E-state index in [1.54, 1.807) is 19.9 Å². The van der Waals surface area contributed by atoms with Crippen molar-refractivity contribution in [2.75, 3.05) is 6.54 Å². The molecule has 0 radical (unpaired) electrons. The number of carbonyl (C=O) groups is 1.